The van der Waals surface area contributed by atoms with Crippen molar-refractivity contribution < 1.29 is 19.4 Å². The van der Waals surface area contributed by atoms with E-state index in [4.69, 9.17) is 4.74 Å². The zero-order valence-corrected chi connectivity index (χ0v) is 16.2. The minimum atomic E-state index is -0.853. The number of hydrogen-bond donors (Lipinski definition) is 1. The number of aliphatic carboxylic acids is 1. The molecule has 0 bridgehead atoms. The van der Waals surface area contributed by atoms with Crippen molar-refractivity contribution in [3.05, 3.63) is 65.6 Å². The maximum atomic E-state index is 13.0. The highest BCUT2D eigenvalue weighted by Crippen LogP contribution is 2.24. The minimum Gasteiger partial charge on any atom is -0.486 e. The number of aryl methyl sites for hydroxylation is 1. The molecule has 4 rings (SSSR count). The van der Waals surface area contributed by atoms with Gasteiger partial charge in [0.15, 0.2) is 0 Å². The highest BCUT2D eigenvalue weighted by Gasteiger charge is 2.29. The molecule has 1 N–H and O–H groups in total. The number of carboxylic acids is 1. The quantitative estimate of drug-likeness (QED) is 0.720. The first-order valence-electron chi connectivity index (χ1n) is 9.69. The molecule has 29 heavy (non-hydrogen) atoms. The standard InChI is InChI=1S/C22H23N3O4/c1-15-8-9-20-23-17(13-25(20)11-15)14-29-19-7-3-2-6-18(19)21(26)24-10-4-5-16(12-24)22(27)28/h2-3,6-9,11,13,16H,4-5,10,12,14H2,1H3,(H,27,28). The lowest BCUT2D eigenvalue weighted by atomic mass is 9.97. The fourth-order valence-corrected chi connectivity index (χ4v) is 3.68. The second-order valence-corrected chi connectivity index (χ2v) is 7.42. The average molecular weight is 393 g/mol. The number of carbonyl (C=O) groups is 2. The first-order chi connectivity index (χ1) is 14.0. The summed E-state index contributed by atoms with van der Waals surface area (Å²) in [4.78, 5) is 30.5. The lowest BCUT2D eigenvalue weighted by Crippen LogP contribution is -2.42. The predicted molar refractivity (Wildman–Crippen MR) is 107 cm³/mol. The van der Waals surface area contributed by atoms with Crippen molar-refractivity contribution in [3.8, 4) is 5.75 Å². The smallest absolute Gasteiger partial charge is 0.308 e. The van der Waals surface area contributed by atoms with Crippen LogP contribution in [0.1, 0.15) is 34.5 Å². The number of para-hydroxylation sites is 1. The van der Waals surface area contributed by atoms with Crippen LogP contribution in [0.5, 0.6) is 5.75 Å². The summed E-state index contributed by atoms with van der Waals surface area (Å²) in [5, 5.41) is 9.28. The predicted octanol–water partition coefficient (Wildman–Crippen LogP) is 3.16. The molecular weight excluding hydrogens is 370 g/mol. The van der Waals surface area contributed by atoms with Crippen molar-refractivity contribution in [3.63, 3.8) is 0 Å². The van der Waals surface area contributed by atoms with Crippen molar-refractivity contribution in [1.82, 2.24) is 14.3 Å². The SMILES string of the molecule is Cc1ccc2nc(COc3ccccc3C(=O)N3CCCC(C(=O)O)C3)cn2c1. The Hall–Kier alpha value is -3.35. The summed E-state index contributed by atoms with van der Waals surface area (Å²) in [6, 6.07) is 11.0. The molecule has 2 aromatic heterocycles. The van der Waals surface area contributed by atoms with E-state index in [1.807, 2.05) is 41.9 Å². The molecule has 1 aromatic carbocycles. The number of likely N-dealkylation sites (tertiary alicyclic amines) is 1. The third-order valence-electron chi connectivity index (χ3n) is 5.20. The van der Waals surface area contributed by atoms with Gasteiger partial charge in [-0.25, -0.2) is 4.98 Å². The van der Waals surface area contributed by atoms with E-state index >= 15 is 0 Å². The van der Waals surface area contributed by atoms with Crippen molar-refractivity contribution in [2.45, 2.75) is 26.4 Å². The number of pyridine rings is 1. The molecule has 1 fully saturated rings. The van der Waals surface area contributed by atoms with E-state index in [1.54, 1.807) is 23.1 Å². The lowest BCUT2D eigenvalue weighted by molar-refractivity contribution is -0.143. The number of carbonyl (C=O) groups excluding carboxylic acids is 1. The topological polar surface area (TPSA) is 84.1 Å². The number of amides is 1. The van der Waals surface area contributed by atoms with Gasteiger partial charge in [-0.3, -0.25) is 9.59 Å². The van der Waals surface area contributed by atoms with Crippen LogP contribution < -0.4 is 4.74 Å². The molecule has 3 aromatic rings. The van der Waals surface area contributed by atoms with Gasteiger partial charge in [-0.15, -0.1) is 0 Å². The number of benzene rings is 1. The van der Waals surface area contributed by atoms with Gasteiger partial charge < -0.3 is 19.1 Å². The van der Waals surface area contributed by atoms with Crippen LogP contribution in [0.25, 0.3) is 5.65 Å². The first kappa shape index (κ1) is 19.0. The maximum absolute atomic E-state index is 13.0. The monoisotopic (exact) mass is 393 g/mol. The van der Waals surface area contributed by atoms with Crippen LogP contribution >= 0.6 is 0 Å². The molecule has 1 aliphatic heterocycles. The highest BCUT2D eigenvalue weighted by molar-refractivity contribution is 5.97. The third-order valence-corrected chi connectivity index (χ3v) is 5.20. The number of aromatic nitrogens is 2. The van der Waals surface area contributed by atoms with Crippen LogP contribution in [0.2, 0.25) is 0 Å². The summed E-state index contributed by atoms with van der Waals surface area (Å²) in [6.45, 7) is 3.05. The highest BCUT2D eigenvalue weighted by atomic mass is 16.5. The Balaban J connectivity index is 1.50. The van der Waals surface area contributed by atoms with Gasteiger partial charge in [0.25, 0.3) is 5.91 Å². The molecule has 1 saturated heterocycles. The summed E-state index contributed by atoms with van der Waals surface area (Å²) in [6.07, 6.45) is 5.20. The average Bonchev–Trinajstić information content (AvgIpc) is 3.14. The van der Waals surface area contributed by atoms with Crippen molar-refractivity contribution in [2.75, 3.05) is 13.1 Å². The van der Waals surface area contributed by atoms with Crippen LogP contribution in [0.4, 0.5) is 0 Å². The largest absolute Gasteiger partial charge is 0.486 e. The van der Waals surface area contributed by atoms with Crippen molar-refractivity contribution >= 4 is 17.5 Å². The second kappa shape index (κ2) is 7.95. The Bertz CT molecular complexity index is 1060. The number of carboxylic acid groups (broad SMARTS) is 1. The maximum Gasteiger partial charge on any atom is 0.308 e. The molecule has 1 unspecified atom stereocenters. The number of nitrogens with zero attached hydrogens (tertiary/aromatic N) is 3. The van der Waals surface area contributed by atoms with Gasteiger partial charge in [0.1, 0.15) is 18.0 Å². The number of imidazole rings is 1. The summed E-state index contributed by atoms with van der Waals surface area (Å²) in [7, 11) is 0. The summed E-state index contributed by atoms with van der Waals surface area (Å²) >= 11 is 0. The molecule has 0 aliphatic carbocycles. The molecule has 0 spiro atoms. The van der Waals surface area contributed by atoms with Gasteiger partial charge in [-0.05, 0) is 43.5 Å². The Morgan fingerprint density at radius 2 is 2.03 bits per heavy atom. The van der Waals surface area contributed by atoms with E-state index in [-0.39, 0.29) is 19.1 Å². The van der Waals surface area contributed by atoms with E-state index in [2.05, 4.69) is 4.98 Å². The molecule has 0 saturated carbocycles. The Morgan fingerprint density at radius 3 is 2.86 bits per heavy atom. The van der Waals surface area contributed by atoms with Gasteiger partial charge in [-0.2, -0.15) is 0 Å². The van der Waals surface area contributed by atoms with Crippen LogP contribution in [-0.4, -0.2) is 44.4 Å². The van der Waals surface area contributed by atoms with Crippen molar-refractivity contribution in [1.29, 1.82) is 0 Å². The van der Waals surface area contributed by atoms with E-state index in [9.17, 15) is 14.7 Å². The van der Waals surface area contributed by atoms with Gasteiger partial charge in [-0.1, -0.05) is 18.2 Å². The zero-order chi connectivity index (χ0) is 20.4. The van der Waals surface area contributed by atoms with Crippen LogP contribution in [0.3, 0.4) is 0 Å². The summed E-state index contributed by atoms with van der Waals surface area (Å²) in [5.41, 5.74) is 3.19. The normalized spacial score (nSPS) is 16.7. The Kier molecular flexibility index (Phi) is 5.20. The first-order valence-corrected chi connectivity index (χ1v) is 9.69. The molecule has 3 heterocycles. The summed E-state index contributed by atoms with van der Waals surface area (Å²) < 4.78 is 7.88. The zero-order valence-electron chi connectivity index (χ0n) is 16.2. The van der Waals surface area contributed by atoms with Gasteiger partial charge in [0.05, 0.1) is 17.2 Å². The van der Waals surface area contributed by atoms with E-state index in [0.717, 1.165) is 16.9 Å². The van der Waals surface area contributed by atoms with Gasteiger partial charge >= 0.3 is 5.97 Å². The van der Waals surface area contributed by atoms with Crippen LogP contribution in [-0.2, 0) is 11.4 Å². The number of fused-ring (bicyclic) bond motifs is 1. The second-order valence-electron chi connectivity index (χ2n) is 7.42. The molecular formula is C22H23N3O4. The van der Waals surface area contributed by atoms with E-state index in [1.165, 1.54) is 0 Å². The number of rotatable bonds is 5. The molecule has 1 aliphatic rings. The fourth-order valence-electron chi connectivity index (χ4n) is 3.68. The van der Waals surface area contributed by atoms with Crippen LogP contribution in [0, 0.1) is 12.8 Å². The van der Waals surface area contributed by atoms with E-state index < -0.39 is 11.9 Å². The summed E-state index contributed by atoms with van der Waals surface area (Å²) in [5.74, 6) is -1.09. The molecule has 0 radical (unpaired) electrons. The third kappa shape index (κ3) is 4.08. The number of hydrogen-bond acceptors (Lipinski definition) is 4. The number of piperidine rings is 1. The Morgan fingerprint density at radius 1 is 1.21 bits per heavy atom. The Labute approximate surface area is 168 Å². The molecule has 1 amide bonds. The molecule has 150 valence electrons. The fraction of sp³-hybridized carbons (Fsp3) is 0.318. The van der Waals surface area contributed by atoms with Crippen LogP contribution in [0.15, 0.2) is 48.8 Å². The molecule has 7 nitrogen and oxygen atoms in total. The lowest BCUT2D eigenvalue weighted by Gasteiger charge is -2.31. The number of ether oxygens (including phenoxy) is 1. The van der Waals surface area contributed by atoms with E-state index in [0.29, 0.717) is 30.7 Å². The molecule has 7 heteroatoms. The minimum absolute atomic E-state index is 0.197. The van der Waals surface area contributed by atoms with Crippen molar-refractivity contribution in [2.24, 2.45) is 5.92 Å². The van der Waals surface area contributed by atoms with Gasteiger partial charge in [0.2, 0.25) is 0 Å². The van der Waals surface area contributed by atoms with Gasteiger partial charge in [0, 0.05) is 25.5 Å². The molecule has 1 atom stereocenters.